The number of carbonyl (C=O) groups excluding carboxylic acids is 1. The molecule has 0 bridgehead atoms. The molecule has 0 aliphatic carbocycles. The first kappa shape index (κ1) is 16.1. The molecule has 0 aromatic rings. The number of rotatable bonds is 1. The molecular weight excluding hydrogens is 156 g/mol. The predicted molar refractivity (Wildman–Crippen MR) is 42.6 cm³/mol. The van der Waals surface area contributed by atoms with E-state index in [-0.39, 0.29) is 13.5 Å². The van der Waals surface area contributed by atoms with Gasteiger partial charge in [-0.1, -0.05) is 6.58 Å². The van der Waals surface area contributed by atoms with Crippen LogP contribution in [0.2, 0.25) is 0 Å². The Hall–Kier alpha value is -0.720. The summed E-state index contributed by atoms with van der Waals surface area (Å²) in [5.41, 5.74) is 8.50. The highest BCUT2D eigenvalue weighted by Gasteiger charge is 1.76. The zero-order valence-corrected chi connectivity index (χ0v) is 6.32. The van der Waals surface area contributed by atoms with E-state index in [1.807, 2.05) is 0 Å². The van der Waals surface area contributed by atoms with E-state index in [4.69, 9.17) is 15.0 Å². The van der Waals surface area contributed by atoms with Crippen LogP contribution in [0.1, 0.15) is 0 Å². The van der Waals surface area contributed by atoms with Gasteiger partial charge in [0.15, 0.2) is 6.29 Å². The van der Waals surface area contributed by atoms with Gasteiger partial charge in [-0.05, 0) is 6.08 Å². The monoisotopic (exact) mass is 168 g/mol. The first-order valence-corrected chi connectivity index (χ1v) is 2.04. The lowest BCUT2D eigenvalue weighted by Gasteiger charge is -1.84. The van der Waals surface area contributed by atoms with E-state index < -0.39 is 12.3 Å². The fourth-order valence-corrected chi connectivity index (χ4v) is 0. The van der Waals surface area contributed by atoms with Crippen LogP contribution in [0.25, 0.3) is 0 Å². The van der Waals surface area contributed by atoms with Crippen LogP contribution in [0.5, 0.6) is 0 Å². The Balaban J connectivity index is -0.0000000910. The summed E-state index contributed by atoms with van der Waals surface area (Å²) in [6.45, 7) is 3.06. The summed E-state index contributed by atoms with van der Waals surface area (Å²) < 4.78 is 0. The van der Waals surface area contributed by atoms with Gasteiger partial charge in [-0.25, -0.2) is 4.79 Å². The topological polar surface area (TPSA) is 110 Å². The molecule has 0 saturated carbocycles. The Kier molecular flexibility index (Phi) is 17.9. The summed E-state index contributed by atoms with van der Waals surface area (Å²) in [6, 6.07) is -0.833. The Bertz CT molecular complexity index is 92.5. The summed E-state index contributed by atoms with van der Waals surface area (Å²) in [6.07, 6.45) is -0.324. The molecule has 5 nitrogen and oxygen atoms in total. The molecule has 0 saturated heterocycles. The van der Waals surface area contributed by atoms with Gasteiger partial charge in [0, 0.05) is 0 Å². The lowest BCUT2D eigenvalue weighted by atomic mass is 10.6. The molecule has 0 aliphatic heterocycles. The van der Waals surface area contributed by atoms with Gasteiger partial charge in [0.1, 0.15) is 0 Å². The molecule has 6 heteroatoms. The van der Waals surface area contributed by atoms with Crippen LogP contribution in [0.15, 0.2) is 12.7 Å². The summed E-state index contributed by atoms with van der Waals surface area (Å²) >= 11 is 0. The fourth-order valence-electron chi connectivity index (χ4n) is 0. The van der Waals surface area contributed by atoms with Crippen molar-refractivity contribution in [2.45, 2.75) is 6.29 Å². The number of aliphatic hydroxyl groups is 2. The molecule has 0 radical (unpaired) electrons. The van der Waals surface area contributed by atoms with Crippen LogP contribution < -0.4 is 11.5 Å². The molecule has 2 amide bonds. The summed E-state index contributed by atoms with van der Waals surface area (Å²) in [7, 11) is 0. The number of hydrogen-bond acceptors (Lipinski definition) is 3. The minimum Gasteiger partial charge on any atom is -0.365 e. The summed E-state index contributed by atoms with van der Waals surface area (Å²) in [4.78, 5) is 9.00. The number of primary amides is 2. The highest BCUT2D eigenvalue weighted by Crippen LogP contribution is 1.67. The van der Waals surface area contributed by atoms with Crippen LogP contribution >= 0.6 is 13.5 Å². The van der Waals surface area contributed by atoms with Crippen molar-refractivity contribution >= 4 is 19.5 Å². The van der Waals surface area contributed by atoms with Crippen molar-refractivity contribution in [3.05, 3.63) is 12.7 Å². The SMILES string of the molecule is C=CC(O)O.NC(N)=O.S. The third kappa shape index (κ3) is 175. The molecule has 0 heterocycles. The van der Waals surface area contributed by atoms with Crippen molar-refractivity contribution in [1.29, 1.82) is 0 Å². The molecule has 0 fully saturated rings. The van der Waals surface area contributed by atoms with E-state index >= 15 is 0 Å². The third-order valence-electron chi connectivity index (χ3n) is 0.211. The van der Waals surface area contributed by atoms with Gasteiger partial charge in [-0.15, -0.1) is 0 Å². The van der Waals surface area contributed by atoms with Gasteiger partial charge < -0.3 is 21.7 Å². The quantitative estimate of drug-likeness (QED) is 0.286. The third-order valence-corrected chi connectivity index (χ3v) is 0.211. The standard InChI is InChI=1S/C3H6O2.CH4N2O.H2S/c1-2-3(4)5;2-1(3)4;/h2-5H,1H2;(H4,2,3,4);1H2. The van der Waals surface area contributed by atoms with Gasteiger partial charge >= 0.3 is 6.03 Å². The molecular formula is C4H12N2O3S. The van der Waals surface area contributed by atoms with Crippen molar-refractivity contribution in [2.75, 3.05) is 0 Å². The number of hydrogen-bond donors (Lipinski definition) is 4. The molecule has 0 unspecified atom stereocenters. The van der Waals surface area contributed by atoms with E-state index in [1.54, 1.807) is 0 Å². The van der Waals surface area contributed by atoms with Crippen LogP contribution in [-0.2, 0) is 0 Å². The van der Waals surface area contributed by atoms with Crippen LogP contribution in [-0.4, -0.2) is 22.5 Å². The number of aliphatic hydroxyl groups excluding tert-OH is 1. The average molecular weight is 168 g/mol. The van der Waals surface area contributed by atoms with E-state index in [0.29, 0.717) is 0 Å². The molecule has 0 aromatic heterocycles. The molecule has 6 N–H and O–H groups in total. The Labute approximate surface area is 65.8 Å². The lowest BCUT2D eigenvalue weighted by molar-refractivity contribution is 0.00266. The van der Waals surface area contributed by atoms with Crippen LogP contribution in [0, 0.1) is 0 Å². The molecule has 0 spiro atoms. The predicted octanol–water partition coefficient (Wildman–Crippen LogP) is -1.38. The number of amides is 2. The Morgan fingerprint density at radius 1 is 1.50 bits per heavy atom. The first-order valence-electron chi connectivity index (χ1n) is 2.04. The van der Waals surface area contributed by atoms with E-state index in [2.05, 4.69) is 18.0 Å². The first-order chi connectivity index (χ1) is 4.00. The number of nitrogens with two attached hydrogens (primary N) is 2. The second kappa shape index (κ2) is 11.1. The van der Waals surface area contributed by atoms with E-state index in [0.717, 1.165) is 6.08 Å². The zero-order valence-electron chi connectivity index (χ0n) is 5.32. The van der Waals surface area contributed by atoms with Crippen molar-refractivity contribution < 1.29 is 15.0 Å². The molecule has 0 aromatic carbocycles. The Morgan fingerprint density at radius 3 is 1.60 bits per heavy atom. The van der Waals surface area contributed by atoms with Crippen molar-refractivity contribution in [1.82, 2.24) is 0 Å². The normalized spacial score (nSPS) is 6.70. The summed E-state index contributed by atoms with van der Waals surface area (Å²) in [5.74, 6) is 0. The van der Waals surface area contributed by atoms with Crippen LogP contribution in [0.3, 0.4) is 0 Å². The molecule has 0 rings (SSSR count). The minimum absolute atomic E-state index is 0. The highest BCUT2D eigenvalue weighted by molar-refractivity contribution is 7.59. The number of carbonyl (C=O) groups is 1. The maximum atomic E-state index is 9.00. The highest BCUT2D eigenvalue weighted by atomic mass is 32.1. The smallest absolute Gasteiger partial charge is 0.309 e. The van der Waals surface area contributed by atoms with Gasteiger partial charge in [0.25, 0.3) is 0 Å². The zero-order chi connectivity index (χ0) is 7.86. The Morgan fingerprint density at radius 2 is 1.60 bits per heavy atom. The van der Waals surface area contributed by atoms with Crippen molar-refractivity contribution in [3.8, 4) is 0 Å². The van der Waals surface area contributed by atoms with Gasteiger partial charge in [-0.3, -0.25) is 0 Å². The van der Waals surface area contributed by atoms with Crippen molar-refractivity contribution in [3.63, 3.8) is 0 Å². The van der Waals surface area contributed by atoms with E-state index in [1.165, 1.54) is 0 Å². The second-order valence-corrected chi connectivity index (χ2v) is 1.05. The molecule has 0 aliphatic rings. The molecule has 62 valence electrons. The second-order valence-electron chi connectivity index (χ2n) is 1.05. The summed E-state index contributed by atoms with van der Waals surface area (Å²) in [5, 5.41) is 15.6. The largest absolute Gasteiger partial charge is 0.365 e. The average Bonchev–Trinajstić information content (AvgIpc) is 1.65. The maximum absolute atomic E-state index is 9.00. The van der Waals surface area contributed by atoms with Gasteiger partial charge in [0.05, 0.1) is 0 Å². The lowest BCUT2D eigenvalue weighted by Crippen LogP contribution is -2.18. The van der Waals surface area contributed by atoms with Crippen molar-refractivity contribution in [2.24, 2.45) is 11.5 Å². The fraction of sp³-hybridized carbons (Fsp3) is 0.250. The van der Waals surface area contributed by atoms with Gasteiger partial charge in [-0.2, -0.15) is 13.5 Å². The number of urea groups is 1. The van der Waals surface area contributed by atoms with E-state index in [9.17, 15) is 0 Å². The van der Waals surface area contributed by atoms with Gasteiger partial charge in [0.2, 0.25) is 0 Å². The van der Waals surface area contributed by atoms with Crippen LogP contribution in [0.4, 0.5) is 4.79 Å². The molecule has 10 heavy (non-hydrogen) atoms. The molecule has 0 atom stereocenters. The maximum Gasteiger partial charge on any atom is 0.309 e. The minimum atomic E-state index is -1.35.